The smallest absolute Gasteiger partial charge is 0.335 e. The molecule has 156 valence electrons. The second-order valence-corrected chi connectivity index (χ2v) is 8.82. The summed E-state index contributed by atoms with van der Waals surface area (Å²) in [4.78, 5) is 23.7. The van der Waals surface area contributed by atoms with Crippen molar-refractivity contribution >= 4 is 11.8 Å². The van der Waals surface area contributed by atoms with Gasteiger partial charge in [-0.1, -0.05) is 39.5 Å². The van der Waals surface area contributed by atoms with Gasteiger partial charge in [0, 0.05) is 17.1 Å². The molecule has 0 amide bonds. The maximum Gasteiger partial charge on any atom is 0.335 e. The Morgan fingerprint density at radius 3 is 2.68 bits per heavy atom. The van der Waals surface area contributed by atoms with Crippen molar-refractivity contribution < 1.29 is 37.2 Å². The van der Waals surface area contributed by atoms with Crippen LogP contribution in [0.1, 0.15) is 56.8 Å². The topological polar surface area (TPSA) is 80.2 Å². The number of aliphatic hydroxyl groups is 1. The highest BCUT2D eigenvalue weighted by molar-refractivity contribution is 5.96. The van der Waals surface area contributed by atoms with Crippen molar-refractivity contribution in [2.75, 3.05) is 13.1 Å². The quantitative estimate of drug-likeness (QED) is 0.199. The van der Waals surface area contributed by atoms with Crippen LogP contribution in [0.15, 0.2) is 36.9 Å². The number of nitrogens with two attached hydrogens (primary N) is 1. The normalized spacial score (nSPS) is 23.4. The summed E-state index contributed by atoms with van der Waals surface area (Å²) in [5.41, 5.74) is 0.778. The molecular weight excluding hydrogens is 378 g/mol. The molecule has 2 rings (SSSR count). The van der Waals surface area contributed by atoms with E-state index in [2.05, 4.69) is 32.7 Å². The molecule has 1 aromatic rings. The van der Waals surface area contributed by atoms with Crippen molar-refractivity contribution in [3.63, 3.8) is 0 Å². The van der Waals surface area contributed by atoms with Crippen LogP contribution in [0.3, 0.4) is 0 Å². The Morgan fingerprint density at radius 2 is 2.04 bits per heavy atom. The number of hydrogen-bond donors (Lipinski definition) is 2. The first-order valence-corrected chi connectivity index (χ1v) is 9.60. The van der Waals surface area contributed by atoms with E-state index >= 15 is 0 Å². The van der Waals surface area contributed by atoms with E-state index < -0.39 is 5.97 Å². The summed E-state index contributed by atoms with van der Waals surface area (Å²) in [5.74, 6) is -0.170. The zero-order chi connectivity index (χ0) is 20.1. The van der Waals surface area contributed by atoms with Gasteiger partial charge in [0.15, 0.2) is 5.78 Å². The van der Waals surface area contributed by atoms with Gasteiger partial charge in [-0.05, 0) is 36.8 Å². The molecule has 0 aromatic heterocycles. The van der Waals surface area contributed by atoms with E-state index in [4.69, 9.17) is 4.74 Å². The minimum Gasteiger partial charge on any atom is -1.00 e. The largest absolute Gasteiger partial charge is 1.00 e. The Kier molecular flexibility index (Phi) is 8.86. The van der Waals surface area contributed by atoms with Crippen molar-refractivity contribution in [3.8, 4) is 5.75 Å². The third-order valence-electron chi connectivity index (χ3n) is 5.18. The van der Waals surface area contributed by atoms with E-state index in [-0.39, 0.29) is 35.1 Å². The van der Waals surface area contributed by atoms with E-state index in [9.17, 15) is 14.7 Å². The number of aliphatic hydroxyl groups excluding tert-OH is 1. The second kappa shape index (κ2) is 10.2. The highest BCUT2D eigenvalue weighted by atomic mass is 35.5. The number of ether oxygens (including phenoxy) is 1. The SMILES string of the molecule is C=CC(=O)Oc1cccc(C(=O)CC[NH2+]CC2(C)CC(O)CC(C)(C)C2)c1.[Cl-]. The monoisotopic (exact) mass is 409 g/mol. The van der Waals surface area contributed by atoms with Crippen LogP contribution in [0.25, 0.3) is 0 Å². The van der Waals surface area contributed by atoms with Crippen molar-refractivity contribution in [1.82, 2.24) is 0 Å². The number of rotatable bonds is 8. The van der Waals surface area contributed by atoms with Crippen LogP contribution in [-0.2, 0) is 4.79 Å². The molecule has 1 aliphatic carbocycles. The van der Waals surface area contributed by atoms with Gasteiger partial charge < -0.3 is 27.6 Å². The number of esters is 1. The summed E-state index contributed by atoms with van der Waals surface area (Å²) < 4.78 is 5.06. The molecule has 0 spiro atoms. The molecule has 1 aliphatic rings. The van der Waals surface area contributed by atoms with Crippen LogP contribution in [0.2, 0.25) is 0 Å². The molecule has 28 heavy (non-hydrogen) atoms. The van der Waals surface area contributed by atoms with Gasteiger partial charge >= 0.3 is 5.97 Å². The zero-order valence-electron chi connectivity index (χ0n) is 17.0. The van der Waals surface area contributed by atoms with Crippen molar-refractivity contribution in [2.45, 2.75) is 52.6 Å². The van der Waals surface area contributed by atoms with Crippen LogP contribution < -0.4 is 22.5 Å². The van der Waals surface area contributed by atoms with E-state index in [0.717, 1.165) is 31.9 Å². The van der Waals surface area contributed by atoms with Gasteiger partial charge in [0.25, 0.3) is 0 Å². The molecule has 0 aliphatic heterocycles. The highest BCUT2D eigenvalue weighted by Gasteiger charge is 2.41. The lowest BCUT2D eigenvalue weighted by Crippen LogP contribution is -3.00. The summed E-state index contributed by atoms with van der Waals surface area (Å²) in [6.45, 7) is 11.6. The van der Waals surface area contributed by atoms with Crippen molar-refractivity contribution in [1.29, 1.82) is 0 Å². The van der Waals surface area contributed by atoms with Crippen LogP contribution in [0.4, 0.5) is 0 Å². The Morgan fingerprint density at radius 1 is 1.32 bits per heavy atom. The van der Waals surface area contributed by atoms with Gasteiger partial charge in [-0.15, -0.1) is 0 Å². The first kappa shape index (κ1) is 24.3. The van der Waals surface area contributed by atoms with E-state index in [1.165, 1.54) is 0 Å². The van der Waals surface area contributed by atoms with Crippen molar-refractivity contribution in [2.24, 2.45) is 10.8 Å². The first-order valence-electron chi connectivity index (χ1n) is 9.60. The number of carbonyl (C=O) groups excluding carboxylic acids is 2. The van der Waals surface area contributed by atoms with Crippen LogP contribution in [0.5, 0.6) is 5.75 Å². The number of halogens is 1. The summed E-state index contributed by atoms with van der Waals surface area (Å²) >= 11 is 0. The lowest BCUT2D eigenvalue weighted by Gasteiger charge is -2.44. The Hall–Kier alpha value is -1.69. The predicted molar refractivity (Wildman–Crippen MR) is 105 cm³/mol. The Labute approximate surface area is 174 Å². The standard InChI is InChI=1S/C22H31NO4.ClH/c1-5-20(26)27-18-8-6-7-16(11-18)19(25)9-10-23-15-22(4)13-17(24)12-21(2,3)14-22;/h5-8,11,17,23-24H,1,9-10,12-15H2,2-4H3;1H. The molecule has 6 heteroatoms. The van der Waals surface area contributed by atoms with Gasteiger partial charge in [0.05, 0.1) is 25.6 Å². The molecule has 5 nitrogen and oxygen atoms in total. The average Bonchev–Trinajstić information content (AvgIpc) is 2.56. The zero-order valence-corrected chi connectivity index (χ0v) is 17.8. The number of Topliss-reactive ketones (excluding diaryl/α,β-unsaturated/α-hetero) is 1. The van der Waals surface area contributed by atoms with Gasteiger partial charge in [0.2, 0.25) is 0 Å². The third-order valence-corrected chi connectivity index (χ3v) is 5.18. The van der Waals surface area contributed by atoms with Crippen molar-refractivity contribution in [3.05, 3.63) is 42.5 Å². The minimum atomic E-state index is -0.543. The number of ketones is 1. The van der Waals surface area contributed by atoms with Crippen LogP contribution >= 0.6 is 0 Å². The summed E-state index contributed by atoms with van der Waals surface area (Å²) in [6, 6.07) is 6.66. The second-order valence-electron chi connectivity index (χ2n) is 8.82. The Bertz CT molecular complexity index is 704. The molecule has 3 N–H and O–H groups in total. The molecule has 1 saturated carbocycles. The highest BCUT2D eigenvalue weighted by Crippen LogP contribution is 2.45. The average molecular weight is 410 g/mol. The minimum absolute atomic E-state index is 0. The number of hydrogen-bond acceptors (Lipinski definition) is 4. The predicted octanol–water partition coefficient (Wildman–Crippen LogP) is -0.504. The summed E-state index contributed by atoms with van der Waals surface area (Å²) in [5, 5.41) is 12.3. The molecule has 0 heterocycles. The van der Waals surface area contributed by atoms with Gasteiger partial charge in [0.1, 0.15) is 5.75 Å². The van der Waals surface area contributed by atoms with Crippen LogP contribution in [0, 0.1) is 10.8 Å². The lowest BCUT2D eigenvalue weighted by molar-refractivity contribution is -0.666. The fraction of sp³-hybridized carbons (Fsp3) is 0.545. The molecular formula is C22H32ClNO4. The summed E-state index contributed by atoms with van der Waals surface area (Å²) in [7, 11) is 0. The Balaban J connectivity index is 0.00000392. The number of carbonyl (C=O) groups is 2. The summed E-state index contributed by atoms with van der Waals surface area (Å²) in [6.07, 6.45) is 4.02. The van der Waals surface area contributed by atoms with E-state index in [1.807, 2.05) is 0 Å². The fourth-order valence-electron chi connectivity index (χ4n) is 4.45. The lowest BCUT2D eigenvalue weighted by atomic mass is 9.63. The molecule has 0 radical (unpaired) electrons. The van der Waals surface area contributed by atoms with Gasteiger partial charge in [-0.2, -0.15) is 0 Å². The molecule has 2 atom stereocenters. The van der Waals surface area contributed by atoms with E-state index in [1.54, 1.807) is 24.3 Å². The molecule has 1 fully saturated rings. The number of benzene rings is 1. The number of quaternary nitrogens is 1. The fourth-order valence-corrected chi connectivity index (χ4v) is 4.45. The van der Waals surface area contributed by atoms with Gasteiger partial charge in [-0.3, -0.25) is 4.79 Å². The third kappa shape index (κ3) is 7.38. The van der Waals surface area contributed by atoms with E-state index in [0.29, 0.717) is 24.3 Å². The molecule has 0 bridgehead atoms. The van der Waals surface area contributed by atoms with Gasteiger partial charge in [-0.25, -0.2) is 4.79 Å². The molecule has 0 saturated heterocycles. The molecule has 1 aromatic carbocycles. The molecule has 2 unspecified atom stereocenters. The maximum absolute atomic E-state index is 12.4. The first-order chi connectivity index (χ1) is 12.6. The maximum atomic E-state index is 12.4. The van der Waals surface area contributed by atoms with Crippen LogP contribution in [-0.4, -0.2) is 36.1 Å².